The van der Waals surface area contributed by atoms with Crippen molar-refractivity contribution < 1.29 is 23.8 Å². The number of nitrogens with zero attached hydrogens (tertiary/aromatic N) is 1. The molecule has 4 rings (SSSR count). The maximum Gasteiger partial charge on any atom is 0.226 e. The lowest BCUT2D eigenvalue weighted by Gasteiger charge is -2.19. The van der Waals surface area contributed by atoms with Gasteiger partial charge in [0.2, 0.25) is 23.0 Å². The van der Waals surface area contributed by atoms with Gasteiger partial charge in [0.05, 0.1) is 38.8 Å². The van der Waals surface area contributed by atoms with Crippen LogP contribution in [0.1, 0.15) is 66.8 Å². The highest BCUT2D eigenvalue weighted by Gasteiger charge is 2.29. The molecule has 3 N–H and O–H groups in total. The van der Waals surface area contributed by atoms with E-state index < -0.39 is 0 Å². The number of nitrogens with one attached hydrogen (secondary N) is 3. The second kappa shape index (κ2) is 14.4. The molecule has 1 aliphatic carbocycles. The highest BCUT2D eigenvalue weighted by molar-refractivity contribution is 7.15. The molecule has 10 nitrogen and oxygen atoms in total. The summed E-state index contributed by atoms with van der Waals surface area (Å²) in [5.74, 6) is 1.31. The third kappa shape index (κ3) is 7.45. The zero-order chi connectivity index (χ0) is 31.1. The van der Waals surface area contributed by atoms with Crippen LogP contribution in [0.15, 0.2) is 29.1 Å². The van der Waals surface area contributed by atoms with E-state index in [2.05, 4.69) is 20.9 Å². The normalized spacial score (nSPS) is 13.7. The molecule has 230 valence electrons. The van der Waals surface area contributed by atoms with Gasteiger partial charge in [-0.1, -0.05) is 12.5 Å². The number of carbonyl (C=O) groups excluding carboxylic acids is 2. The molecule has 0 unspecified atom stereocenters. The molecule has 1 aliphatic rings. The van der Waals surface area contributed by atoms with Crippen molar-refractivity contribution in [3.8, 4) is 28.4 Å². The van der Waals surface area contributed by atoms with Gasteiger partial charge in [-0.3, -0.25) is 14.4 Å². The van der Waals surface area contributed by atoms with Crippen LogP contribution in [-0.2, 0) is 16.0 Å². The zero-order valence-corrected chi connectivity index (χ0v) is 26.5. The Morgan fingerprint density at radius 1 is 1.02 bits per heavy atom. The summed E-state index contributed by atoms with van der Waals surface area (Å²) >= 11 is 1.48. The minimum atomic E-state index is -0.363. The smallest absolute Gasteiger partial charge is 0.226 e. The molecule has 1 heterocycles. The lowest BCUT2D eigenvalue weighted by Crippen LogP contribution is -2.26. The van der Waals surface area contributed by atoms with E-state index in [9.17, 15) is 14.4 Å². The van der Waals surface area contributed by atoms with Crippen LogP contribution in [0.4, 0.5) is 10.8 Å². The number of carbonyl (C=O) groups is 2. The molecule has 2 aromatic carbocycles. The molecule has 11 heteroatoms. The van der Waals surface area contributed by atoms with Gasteiger partial charge in [-0.25, -0.2) is 4.98 Å². The number of anilines is 2. The van der Waals surface area contributed by atoms with Crippen molar-refractivity contribution in [3.63, 3.8) is 0 Å². The van der Waals surface area contributed by atoms with Crippen LogP contribution in [0, 0.1) is 13.8 Å². The van der Waals surface area contributed by atoms with E-state index in [4.69, 9.17) is 14.2 Å². The standard InChI is InChI=1S/C32H40N4O6S/c1-18-19(2)43-32(34-18)36-28(39)10-8-7-9-15-33-25-14-12-22-23(17-26(25)38)24(35-20(3)37)13-11-21-16-27(40-4)30(41-5)31(42-6)29(21)22/h12,14,16-17,24H,7-11,13,15H2,1-6H3,(H,33,38)(H,35,37)(H,34,36,39)/t24-/m0/s1. The van der Waals surface area contributed by atoms with Crippen LogP contribution in [-0.4, -0.2) is 44.7 Å². The van der Waals surface area contributed by atoms with Crippen molar-refractivity contribution in [2.45, 2.75) is 65.3 Å². The summed E-state index contributed by atoms with van der Waals surface area (Å²) < 4.78 is 17.1. The monoisotopic (exact) mass is 608 g/mol. The average molecular weight is 609 g/mol. The van der Waals surface area contributed by atoms with Crippen LogP contribution < -0.4 is 35.6 Å². The Bertz CT molecular complexity index is 1530. The molecule has 0 aliphatic heterocycles. The molecule has 0 fully saturated rings. The number of aromatic nitrogens is 1. The minimum absolute atomic E-state index is 0.0428. The molecule has 0 saturated heterocycles. The fraction of sp³-hybridized carbons (Fsp3) is 0.438. The second-order valence-corrected chi connectivity index (χ2v) is 11.7. The lowest BCUT2D eigenvalue weighted by atomic mass is 9.95. The quantitative estimate of drug-likeness (QED) is 0.229. The van der Waals surface area contributed by atoms with E-state index in [1.54, 1.807) is 33.5 Å². The predicted molar refractivity (Wildman–Crippen MR) is 170 cm³/mol. The third-order valence-corrected chi connectivity index (χ3v) is 8.58. The average Bonchev–Trinajstić information content (AvgIpc) is 3.11. The summed E-state index contributed by atoms with van der Waals surface area (Å²) in [6.07, 6.45) is 4.00. The fourth-order valence-corrected chi connectivity index (χ4v) is 6.20. The minimum Gasteiger partial charge on any atom is -0.493 e. The van der Waals surface area contributed by atoms with Gasteiger partial charge in [0.15, 0.2) is 16.6 Å². The number of rotatable bonds is 12. The van der Waals surface area contributed by atoms with Crippen molar-refractivity contribution >= 4 is 34.0 Å². The summed E-state index contributed by atoms with van der Waals surface area (Å²) in [6.45, 7) is 5.97. The van der Waals surface area contributed by atoms with Crippen LogP contribution in [0.5, 0.6) is 17.2 Å². The SMILES string of the molecule is COc1cc2c(c(OC)c1OC)-c1ccc(NCCCCCC(=O)Nc3nc(C)c(C)s3)c(=O)cc1[C@@H](NC(C)=O)CC2. The molecular weight excluding hydrogens is 568 g/mol. The molecule has 43 heavy (non-hydrogen) atoms. The number of amides is 2. The van der Waals surface area contributed by atoms with Crippen LogP contribution in [0.25, 0.3) is 11.1 Å². The highest BCUT2D eigenvalue weighted by Crippen LogP contribution is 2.50. The summed E-state index contributed by atoms with van der Waals surface area (Å²) in [5, 5.41) is 9.80. The lowest BCUT2D eigenvalue weighted by molar-refractivity contribution is -0.119. The molecule has 2 amide bonds. The first-order valence-corrected chi connectivity index (χ1v) is 15.2. The second-order valence-electron chi connectivity index (χ2n) is 10.5. The van der Waals surface area contributed by atoms with E-state index in [0.717, 1.165) is 46.5 Å². The number of hydrogen-bond acceptors (Lipinski definition) is 9. The number of benzene rings is 1. The van der Waals surface area contributed by atoms with Crippen LogP contribution >= 0.6 is 11.3 Å². The van der Waals surface area contributed by atoms with Gasteiger partial charge >= 0.3 is 0 Å². The maximum atomic E-state index is 13.4. The Balaban J connectivity index is 1.51. The van der Waals surface area contributed by atoms with Crippen molar-refractivity contribution in [1.29, 1.82) is 0 Å². The zero-order valence-electron chi connectivity index (χ0n) is 25.6. The Labute approximate surface area is 256 Å². The maximum absolute atomic E-state index is 13.4. The number of fused-ring (bicyclic) bond motifs is 3. The van der Waals surface area contributed by atoms with E-state index in [0.29, 0.717) is 59.4 Å². The van der Waals surface area contributed by atoms with Crippen molar-refractivity contribution in [1.82, 2.24) is 10.3 Å². The Kier molecular flexibility index (Phi) is 10.6. The fourth-order valence-electron chi connectivity index (χ4n) is 5.37. The Morgan fingerprint density at radius 2 is 1.79 bits per heavy atom. The molecule has 0 saturated carbocycles. The highest BCUT2D eigenvalue weighted by atomic mass is 32.1. The molecule has 3 aromatic rings. The largest absolute Gasteiger partial charge is 0.493 e. The van der Waals surface area contributed by atoms with Gasteiger partial charge in [-0.2, -0.15) is 0 Å². The number of unbranched alkanes of at least 4 members (excludes halogenated alkanes) is 2. The first-order valence-electron chi connectivity index (χ1n) is 14.4. The van der Waals surface area contributed by atoms with E-state index >= 15 is 0 Å². The topological polar surface area (TPSA) is 128 Å². The molecular formula is C32H40N4O6S. The van der Waals surface area contributed by atoms with Gasteiger partial charge in [0.25, 0.3) is 0 Å². The van der Waals surface area contributed by atoms with Gasteiger partial charge in [0, 0.05) is 30.3 Å². The van der Waals surface area contributed by atoms with E-state index in [1.165, 1.54) is 18.3 Å². The van der Waals surface area contributed by atoms with E-state index in [-0.39, 0.29) is 23.3 Å². The number of methoxy groups -OCH3 is 3. The van der Waals surface area contributed by atoms with Gasteiger partial charge in [-0.15, -0.1) is 11.3 Å². The number of aryl methyl sites for hydroxylation is 3. The van der Waals surface area contributed by atoms with Gasteiger partial charge in [0.1, 0.15) is 0 Å². The number of thiazole rings is 1. The molecule has 1 atom stereocenters. The molecule has 0 spiro atoms. The first kappa shape index (κ1) is 31.8. The van der Waals surface area contributed by atoms with Gasteiger partial charge in [-0.05, 0) is 74.4 Å². The number of ether oxygens (including phenoxy) is 3. The van der Waals surface area contributed by atoms with Crippen LogP contribution in [0.3, 0.4) is 0 Å². The Morgan fingerprint density at radius 3 is 2.44 bits per heavy atom. The summed E-state index contributed by atoms with van der Waals surface area (Å²) in [4.78, 5) is 43.3. The van der Waals surface area contributed by atoms with Gasteiger partial charge < -0.3 is 30.2 Å². The van der Waals surface area contributed by atoms with Crippen molar-refractivity contribution in [2.24, 2.45) is 0 Å². The number of hydrogen-bond donors (Lipinski definition) is 3. The first-order chi connectivity index (χ1) is 20.7. The van der Waals surface area contributed by atoms with Crippen molar-refractivity contribution in [3.05, 3.63) is 56.2 Å². The summed E-state index contributed by atoms with van der Waals surface area (Å²) in [7, 11) is 4.71. The summed E-state index contributed by atoms with van der Waals surface area (Å²) in [5.41, 5.74) is 4.51. The van der Waals surface area contributed by atoms with Crippen molar-refractivity contribution in [2.75, 3.05) is 38.5 Å². The summed E-state index contributed by atoms with van der Waals surface area (Å²) in [6, 6.07) is 6.86. The van der Waals surface area contributed by atoms with Crippen LogP contribution in [0.2, 0.25) is 0 Å². The third-order valence-electron chi connectivity index (χ3n) is 7.59. The molecule has 1 aromatic heterocycles. The predicted octanol–water partition coefficient (Wildman–Crippen LogP) is 5.55. The Hall–Kier alpha value is -4.12. The molecule has 0 radical (unpaired) electrons. The van der Waals surface area contributed by atoms with E-state index in [1.807, 2.05) is 26.0 Å². The molecule has 0 bridgehead atoms.